The number of carbonyl (C=O) groups excluding carboxylic acids is 1. The molecule has 0 aromatic rings. The summed E-state index contributed by atoms with van der Waals surface area (Å²) in [6.07, 6.45) is 3.76. The second kappa shape index (κ2) is 6.02. The Hall–Kier alpha value is -0.570. The highest BCUT2D eigenvalue weighted by molar-refractivity contribution is 5.85. The molecule has 3 N–H and O–H groups in total. The monoisotopic (exact) mass is 200 g/mol. The molecule has 3 heteroatoms. The van der Waals surface area contributed by atoms with Crippen LogP contribution in [0.2, 0.25) is 0 Å². The van der Waals surface area contributed by atoms with E-state index in [1.165, 1.54) is 0 Å². The molecule has 0 saturated heterocycles. The first-order valence-electron chi connectivity index (χ1n) is 5.57. The van der Waals surface area contributed by atoms with Gasteiger partial charge in [0, 0.05) is 6.04 Å². The molecule has 14 heavy (non-hydrogen) atoms. The maximum atomic E-state index is 11.7. The van der Waals surface area contributed by atoms with E-state index in [9.17, 15) is 4.79 Å². The van der Waals surface area contributed by atoms with Gasteiger partial charge in [-0.1, -0.05) is 27.2 Å². The lowest BCUT2D eigenvalue weighted by Gasteiger charge is -2.25. The van der Waals surface area contributed by atoms with Crippen molar-refractivity contribution in [2.45, 2.75) is 65.0 Å². The Morgan fingerprint density at radius 3 is 2.36 bits per heavy atom. The van der Waals surface area contributed by atoms with Gasteiger partial charge in [0.15, 0.2) is 0 Å². The number of hydrogen-bond donors (Lipinski definition) is 2. The van der Waals surface area contributed by atoms with Crippen molar-refractivity contribution in [2.24, 2.45) is 5.73 Å². The molecule has 2 unspecified atom stereocenters. The molecule has 3 nitrogen and oxygen atoms in total. The Labute approximate surface area is 87.4 Å². The average Bonchev–Trinajstić information content (AvgIpc) is 2.16. The number of rotatable bonds is 6. The molecule has 0 radical (unpaired) electrons. The first kappa shape index (κ1) is 13.4. The molecule has 84 valence electrons. The fourth-order valence-electron chi connectivity index (χ4n) is 1.24. The van der Waals surface area contributed by atoms with Gasteiger partial charge < -0.3 is 11.1 Å². The van der Waals surface area contributed by atoms with Crippen LogP contribution >= 0.6 is 0 Å². The number of nitrogens with one attached hydrogen (secondary N) is 1. The summed E-state index contributed by atoms with van der Waals surface area (Å²) in [7, 11) is 0. The van der Waals surface area contributed by atoms with E-state index in [2.05, 4.69) is 19.2 Å². The van der Waals surface area contributed by atoms with Crippen LogP contribution in [-0.4, -0.2) is 17.5 Å². The second-order valence-corrected chi connectivity index (χ2v) is 4.14. The third kappa shape index (κ3) is 4.09. The van der Waals surface area contributed by atoms with E-state index in [1.807, 2.05) is 6.92 Å². The molecular weight excluding hydrogens is 176 g/mol. The quantitative estimate of drug-likeness (QED) is 0.687. The third-order valence-electron chi connectivity index (χ3n) is 2.72. The van der Waals surface area contributed by atoms with Gasteiger partial charge in [-0.3, -0.25) is 4.79 Å². The van der Waals surface area contributed by atoms with Gasteiger partial charge in [-0.05, 0) is 26.2 Å². The molecule has 0 aromatic carbocycles. The van der Waals surface area contributed by atoms with Gasteiger partial charge in [0.1, 0.15) is 0 Å². The Balaban J connectivity index is 4.15. The predicted molar refractivity (Wildman–Crippen MR) is 60.0 cm³/mol. The van der Waals surface area contributed by atoms with Crippen molar-refractivity contribution in [3.63, 3.8) is 0 Å². The summed E-state index contributed by atoms with van der Waals surface area (Å²) in [5.74, 6) is -0.0275. The van der Waals surface area contributed by atoms with Crippen LogP contribution in [0.3, 0.4) is 0 Å². The maximum absolute atomic E-state index is 11.7. The lowest BCUT2D eigenvalue weighted by Crippen LogP contribution is -2.53. The molecular formula is C11H24N2O. The fourth-order valence-corrected chi connectivity index (χ4v) is 1.24. The lowest BCUT2D eigenvalue weighted by atomic mass is 9.98. The minimum absolute atomic E-state index is 0.0275. The molecule has 0 aromatic heterocycles. The number of nitrogens with two attached hydrogens (primary N) is 1. The second-order valence-electron chi connectivity index (χ2n) is 4.14. The lowest BCUT2D eigenvalue weighted by molar-refractivity contribution is -0.126. The Morgan fingerprint density at radius 2 is 2.00 bits per heavy atom. The van der Waals surface area contributed by atoms with Crippen molar-refractivity contribution in [3.05, 3.63) is 0 Å². The largest absolute Gasteiger partial charge is 0.352 e. The SMILES string of the molecule is CCCC(CC)NC(=O)C(C)(N)CC. The summed E-state index contributed by atoms with van der Waals surface area (Å²) in [4.78, 5) is 11.7. The van der Waals surface area contributed by atoms with Crippen LogP contribution < -0.4 is 11.1 Å². The molecule has 1 amide bonds. The van der Waals surface area contributed by atoms with E-state index in [4.69, 9.17) is 5.73 Å². The van der Waals surface area contributed by atoms with Crippen molar-refractivity contribution < 1.29 is 4.79 Å². The number of hydrogen-bond acceptors (Lipinski definition) is 2. The van der Waals surface area contributed by atoms with Crippen molar-refractivity contribution in [1.29, 1.82) is 0 Å². The van der Waals surface area contributed by atoms with Crippen LogP contribution in [0.15, 0.2) is 0 Å². The highest BCUT2D eigenvalue weighted by Gasteiger charge is 2.27. The zero-order chi connectivity index (χ0) is 11.2. The van der Waals surface area contributed by atoms with Gasteiger partial charge in [0.25, 0.3) is 0 Å². The summed E-state index contributed by atoms with van der Waals surface area (Å²) in [5.41, 5.74) is 5.13. The topological polar surface area (TPSA) is 55.1 Å². The Morgan fingerprint density at radius 1 is 1.43 bits per heavy atom. The fraction of sp³-hybridized carbons (Fsp3) is 0.909. The summed E-state index contributed by atoms with van der Waals surface area (Å²) >= 11 is 0. The van der Waals surface area contributed by atoms with Gasteiger partial charge in [0.2, 0.25) is 5.91 Å². The highest BCUT2D eigenvalue weighted by Crippen LogP contribution is 2.07. The van der Waals surface area contributed by atoms with Gasteiger partial charge in [0.05, 0.1) is 5.54 Å². The summed E-state index contributed by atoms with van der Waals surface area (Å²) in [6, 6.07) is 0.280. The van der Waals surface area contributed by atoms with Crippen LogP contribution in [-0.2, 0) is 4.79 Å². The first-order valence-corrected chi connectivity index (χ1v) is 5.57. The van der Waals surface area contributed by atoms with Crippen molar-refractivity contribution in [3.8, 4) is 0 Å². The van der Waals surface area contributed by atoms with E-state index in [-0.39, 0.29) is 11.9 Å². The molecule has 0 saturated carbocycles. The van der Waals surface area contributed by atoms with Crippen LogP contribution in [0, 0.1) is 0 Å². The molecule has 0 aliphatic rings. The van der Waals surface area contributed by atoms with Gasteiger partial charge in [-0.15, -0.1) is 0 Å². The van der Waals surface area contributed by atoms with E-state index < -0.39 is 5.54 Å². The van der Waals surface area contributed by atoms with Gasteiger partial charge in [-0.25, -0.2) is 0 Å². The molecule has 0 heterocycles. The average molecular weight is 200 g/mol. The summed E-state index contributed by atoms with van der Waals surface area (Å²) in [5, 5.41) is 2.99. The molecule has 0 aliphatic heterocycles. The minimum atomic E-state index is -0.721. The van der Waals surface area contributed by atoms with Crippen LogP contribution in [0.25, 0.3) is 0 Å². The van der Waals surface area contributed by atoms with E-state index in [1.54, 1.807) is 6.92 Å². The molecule has 0 aliphatic carbocycles. The molecule has 2 atom stereocenters. The predicted octanol–water partition coefficient (Wildman–Crippen LogP) is 1.81. The van der Waals surface area contributed by atoms with Crippen LogP contribution in [0.4, 0.5) is 0 Å². The zero-order valence-electron chi connectivity index (χ0n) is 9.89. The maximum Gasteiger partial charge on any atom is 0.239 e. The summed E-state index contributed by atoms with van der Waals surface area (Å²) < 4.78 is 0. The van der Waals surface area contributed by atoms with Gasteiger partial charge >= 0.3 is 0 Å². The standard InChI is InChI=1S/C11H24N2O/c1-5-8-9(6-2)13-10(14)11(4,12)7-3/h9H,5-8,12H2,1-4H3,(H,13,14). The minimum Gasteiger partial charge on any atom is -0.352 e. The van der Waals surface area contributed by atoms with Crippen molar-refractivity contribution >= 4 is 5.91 Å². The zero-order valence-corrected chi connectivity index (χ0v) is 9.89. The van der Waals surface area contributed by atoms with Crippen molar-refractivity contribution in [2.75, 3.05) is 0 Å². The third-order valence-corrected chi connectivity index (χ3v) is 2.72. The van der Waals surface area contributed by atoms with E-state index >= 15 is 0 Å². The normalized spacial score (nSPS) is 17.2. The number of amides is 1. The smallest absolute Gasteiger partial charge is 0.239 e. The molecule has 0 bridgehead atoms. The first-order chi connectivity index (χ1) is 6.47. The van der Waals surface area contributed by atoms with Crippen molar-refractivity contribution in [1.82, 2.24) is 5.32 Å². The van der Waals surface area contributed by atoms with Crippen LogP contribution in [0.1, 0.15) is 53.4 Å². The molecule has 0 rings (SSSR count). The van der Waals surface area contributed by atoms with Crippen LogP contribution in [0.5, 0.6) is 0 Å². The number of carbonyl (C=O) groups is 1. The van der Waals surface area contributed by atoms with E-state index in [0.29, 0.717) is 6.42 Å². The molecule has 0 fully saturated rings. The Kier molecular flexibility index (Phi) is 5.77. The molecule has 0 spiro atoms. The van der Waals surface area contributed by atoms with Gasteiger partial charge in [-0.2, -0.15) is 0 Å². The summed E-state index contributed by atoms with van der Waals surface area (Å²) in [6.45, 7) is 7.91. The highest BCUT2D eigenvalue weighted by atomic mass is 16.2. The Bertz CT molecular complexity index is 178. The van der Waals surface area contributed by atoms with E-state index in [0.717, 1.165) is 19.3 Å².